The number of nitrogens with zero attached hydrogens (tertiary/aromatic N) is 2. The van der Waals surface area contributed by atoms with E-state index < -0.39 is 11.6 Å². The summed E-state index contributed by atoms with van der Waals surface area (Å²) in [6.45, 7) is 5.57. The van der Waals surface area contributed by atoms with Gasteiger partial charge < -0.3 is 10.2 Å². The predicted octanol–water partition coefficient (Wildman–Crippen LogP) is 1.86. The van der Waals surface area contributed by atoms with Crippen LogP contribution in [-0.4, -0.2) is 56.1 Å². The molecule has 20 heavy (non-hydrogen) atoms. The fraction of sp³-hybridized carbons (Fsp3) is 0.600. The van der Waals surface area contributed by atoms with Crippen molar-refractivity contribution in [3.05, 3.63) is 35.4 Å². The fourth-order valence-corrected chi connectivity index (χ4v) is 2.83. The van der Waals surface area contributed by atoms with E-state index in [9.17, 15) is 8.78 Å². The second-order valence-corrected chi connectivity index (χ2v) is 5.51. The van der Waals surface area contributed by atoms with Crippen LogP contribution in [0.5, 0.6) is 0 Å². The Morgan fingerprint density at radius 1 is 1.30 bits per heavy atom. The van der Waals surface area contributed by atoms with Crippen molar-refractivity contribution in [1.29, 1.82) is 0 Å². The molecule has 5 heteroatoms. The summed E-state index contributed by atoms with van der Waals surface area (Å²) >= 11 is 0. The zero-order valence-electron chi connectivity index (χ0n) is 12.4. The van der Waals surface area contributed by atoms with Gasteiger partial charge in [-0.15, -0.1) is 0 Å². The minimum Gasteiger partial charge on any atom is -0.309 e. The maximum absolute atomic E-state index is 14.1. The molecule has 1 N–H and O–H groups in total. The molecule has 1 aliphatic rings. The lowest BCUT2D eigenvalue weighted by Gasteiger charge is -2.42. The Morgan fingerprint density at radius 2 is 2.05 bits per heavy atom. The first-order chi connectivity index (χ1) is 9.52. The summed E-state index contributed by atoms with van der Waals surface area (Å²) in [6, 6.07) is 3.89. The first kappa shape index (κ1) is 15.4. The molecule has 1 fully saturated rings. The highest BCUT2D eigenvalue weighted by atomic mass is 19.1. The highest BCUT2D eigenvalue weighted by Gasteiger charge is 2.31. The Bertz CT molecular complexity index is 453. The van der Waals surface area contributed by atoms with Crippen molar-refractivity contribution in [2.24, 2.45) is 0 Å². The van der Waals surface area contributed by atoms with Gasteiger partial charge in [-0.2, -0.15) is 0 Å². The summed E-state index contributed by atoms with van der Waals surface area (Å²) in [6.07, 6.45) is 0. The Kier molecular flexibility index (Phi) is 5.07. The van der Waals surface area contributed by atoms with Gasteiger partial charge in [0.05, 0.1) is 6.04 Å². The molecular weight excluding hydrogens is 260 g/mol. The van der Waals surface area contributed by atoms with Crippen LogP contribution < -0.4 is 5.32 Å². The average Bonchev–Trinajstić information content (AvgIpc) is 2.40. The van der Waals surface area contributed by atoms with Gasteiger partial charge >= 0.3 is 0 Å². The van der Waals surface area contributed by atoms with Gasteiger partial charge in [-0.25, -0.2) is 8.78 Å². The van der Waals surface area contributed by atoms with E-state index in [1.807, 2.05) is 6.92 Å². The van der Waals surface area contributed by atoms with Crippen LogP contribution in [0.1, 0.15) is 18.5 Å². The molecule has 1 aromatic rings. The first-order valence-electron chi connectivity index (χ1n) is 7.10. The SMILES string of the molecule is CCNC(c1ccc(F)cc1F)C1CN(C)CCN1C. The fourth-order valence-electron chi connectivity index (χ4n) is 2.83. The summed E-state index contributed by atoms with van der Waals surface area (Å²) in [5, 5.41) is 3.35. The largest absolute Gasteiger partial charge is 0.309 e. The van der Waals surface area contributed by atoms with Gasteiger partial charge in [0.1, 0.15) is 11.6 Å². The van der Waals surface area contributed by atoms with Crippen LogP contribution in [0.2, 0.25) is 0 Å². The van der Waals surface area contributed by atoms with Gasteiger partial charge in [0.2, 0.25) is 0 Å². The number of rotatable bonds is 4. The lowest BCUT2D eigenvalue weighted by molar-refractivity contribution is 0.0871. The maximum atomic E-state index is 14.1. The van der Waals surface area contributed by atoms with E-state index in [-0.39, 0.29) is 12.1 Å². The molecule has 1 aromatic carbocycles. The molecular formula is C15H23F2N3. The number of hydrogen-bond donors (Lipinski definition) is 1. The normalized spacial score (nSPS) is 22.9. The lowest BCUT2D eigenvalue weighted by atomic mass is 9.95. The molecule has 0 spiro atoms. The standard InChI is InChI=1S/C15H23F2N3/c1-4-18-15(12-6-5-11(16)9-13(12)17)14-10-19(2)7-8-20(14)3/h5-6,9,14-15,18H,4,7-8,10H2,1-3H3. The molecule has 0 amide bonds. The van der Waals surface area contributed by atoms with Crippen molar-refractivity contribution >= 4 is 0 Å². The van der Waals surface area contributed by atoms with Crippen LogP contribution in [0, 0.1) is 11.6 Å². The molecule has 2 atom stereocenters. The predicted molar refractivity (Wildman–Crippen MR) is 76.7 cm³/mol. The van der Waals surface area contributed by atoms with Gasteiger partial charge in [0.15, 0.2) is 0 Å². The van der Waals surface area contributed by atoms with E-state index in [1.165, 1.54) is 6.07 Å². The van der Waals surface area contributed by atoms with Crippen LogP contribution in [0.4, 0.5) is 8.78 Å². The lowest BCUT2D eigenvalue weighted by Crippen LogP contribution is -2.55. The van der Waals surface area contributed by atoms with Gasteiger partial charge in [-0.1, -0.05) is 13.0 Å². The molecule has 2 rings (SSSR count). The summed E-state index contributed by atoms with van der Waals surface area (Å²) in [7, 11) is 4.13. The second kappa shape index (κ2) is 6.61. The third-order valence-corrected chi connectivity index (χ3v) is 4.01. The molecule has 0 aromatic heterocycles. The van der Waals surface area contributed by atoms with E-state index in [4.69, 9.17) is 0 Å². The van der Waals surface area contributed by atoms with Crippen molar-refractivity contribution in [2.45, 2.75) is 19.0 Å². The molecule has 1 heterocycles. The average molecular weight is 283 g/mol. The topological polar surface area (TPSA) is 18.5 Å². The third kappa shape index (κ3) is 3.34. The monoisotopic (exact) mass is 283 g/mol. The molecule has 0 bridgehead atoms. The highest BCUT2D eigenvalue weighted by molar-refractivity contribution is 5.24. The number of nitrogens with one attached hydrogen (secondary N) is 1. The summed E-state index contributed by atoms with van der Waals surface area (Å²) in [4.78, 5) is 4.49. The molecule has 3 nitrogen and oxygen atoms in total. The number of hydrogen-bond acceptors (Lipinski definition) is 3. The van der Waals surface area contributed by atoms with Gasteiger partial charge in [0.25, 0.3) is 0 Å². The van der Waals surface area contributed by atoms with Gasteiger partial charge in [0, 0.05) is 37.3 Å². The van der Waals surface area contributed by atoms with Crippen molar-refractivity contribution in [1.82, 2.24) is 15.1 Å². The minimum absolute atomic E-state index is 0.131. The molecule has 0 saturated carbocycles. The van der Waals surface area contributed by atoms with Crippen molar-refractivity contribution in [2.75, 3.05) is 40.3 Å². The number of likely N-dealkylation sites (N-methyl/N-ethyl adjacent to an activating group) is 3. The summed E-state index contributed by atoms with van der Waals surface area (Å²) in [5.41, 5.74) is 0.542. The highest BCUT2D eigenvalue weighted by Crippen LogP contribution is 2.26. The quantitative estimate of drug-likeness (QED) is 0.910. The van der Waals surface area contributed by atoms with Crippen molar-refractivity contribution in [3.63, 3.8) is 0 Å². The van der Waals surface area contributed by atoms with E-state index in [1.54, 1.807) is 6.07 Å². The minimum atomic E-state index is -0.532. The number of piperazine rings is 1. The second-order valence-electron chi connectivity index (χ2n) is 5.51. The van der Waals surface area contributed by atoms with E-state index in [0.717, 1.165) is 32.2 Å². The molecule has 0 aliphatic carbocycles. The Morgan fingerprint density at radius 3 is 2.70 bits per heavy atom. The Balaban J connectivity index is 2.29. The third-order valence-electron chi connectivity index (χ3n) is 4.01. The van der Waals surface area contributed by atoms with Crippen LogP contribution in [0.25, 0.3) is 0 Å². The number of benzene rings is 1. The number of halogens is 2. The molecule has 0 radical (unpaired) electrons. The Hall–Kier alpha value is -1.04. The van der Waals surface area contributed by atoms with Crippen molar-refractivity contribution in [3.8, 4) is 0 Å². The van der Waals surface area contributed by atoms with Crippen LogP contribution in [0.15, 0.2) is 18.2 Å². The van der Waals surface area contributed by atoms with E-state index in [2.05, 4.69) is 29.2 Å². The van der Waals surface area contributed by atoms with Crippen LogP contribution in [-0.2, 0) is 0 Å². The first-order valence-corrected chi connectivity index (χ1v) is 7.10. The Labute approximate surface area is 119 Å². The summed E-state index contributed by atoms with van der Waals surface area (Å²) < 4.78 is 27.2. The van der Waals surface area contributed by atoms with Gasteiger partial charge in [-0.3, -0.25) is 4.90 Å². The van der Waals surface area contributed by atoms with E-state index in [0.29, 0.717) is 5.56 Å². The molecule has 1 saturated heterocycles. The molecule has 2 unspecified atom stereocenters. The van der Waals surface area contributed by atoms with Crippen LogP contribution in [0.3, 0.4) is 0 Å². The van der Waals surface area contributed by atoms with Gasteiger partial charge in [-0.05, 0) is 26.7 Å². The van der Waals surface area contributed by atoms with Crippen molar-refractivity contribution < 1.29 is 8.78 Å². The maximum Gasteiger partial charge on any atom is 0.130 e. The zero-order valence-corrected chi connectivity index (χ0v) is 12.4. The summed E-state index contributed by atoms with van der Waals surface area (Å²) in [5.74, 6) is -1.01. The smallest absolute Gasteiger partial charge is 0.130 e. The van der Waals surface area contributed by atoms with E-state index >= 15 is 0 Å². The molecule has 112 valence electrons. The zero-order chi connectivity index (χ0) is 14.7. The molecule has 1 aliphatic heterocycles. The van der Waals surface area contributed by atoms with Crippen LogP contribution >= 0.6 is 0 Å².